The van der Waals surface area contributed by atoms with E-state index in [9.17, 15) is 9.90 Å². The number of aliphatic hydroxyl groups excluding tert-OH is 1. The molecule has 1 saturated carbocycles. The van der Waals surface area contributed by atoms with E-state index in [4.69, 9.17) is 4.42 Å². The van der Waals surface area contributed by atoms with Crippen LogP contribution in [-0.4, -0.2) is 64.1 Å². The maximum Gasteiger partial charge on any atom is 0.289 e. The highest BCUT2D eigenvalue weighted by Crippen LogP contribution is 2.26. The van der Waals surface area contributed by atoms with E-state index in [-0.39, 0.29) is 18.1 Å². The summed E-state index contributed by atoms with van der Waals surface area (Å²) in [6.45, 7) is 4.89. The summed E-state index contributed by atoms with van der Waals surface area (Å²) in [6, 6.07) is 5.73. The molecular weight excluding hydrogens is 306 g/mol. The minimum atomic E-state index is -0.211. The minimum Gasteiger partial charge on any atom is -0.449 e. The lowest BCUT2D eigenvalue weighted by molar-refractivity contribution is 0.0303. The molecule has 0 bridgehead atoms. The Morgan fingerprint density at radius 1 is 1.25 bits per heavy atom. The van der Waals surface area contributed by atoms with E-state index in [1.54, 1.807) is 6.07 Å². The van der Waals surface area contributed by atoms with Crippen molar-refractivity contribution in [2.45, 2.75) is 38.3 Å². The van der Waals surface area contributed by atoms with Gasteiger partial charge in [-0.25, -0.2) is 4.98 Å². The van der Waals surface area contributed by atoms with Crippen LogP contribution in [0, 0.1) is 6.92 Å². The molecule has 3 heterocycles. The van der Waals surface area contributed by atoms with Crippen LogP contribution < -0.4 is 0 Å². The summed E-state index contributed by atoms with van der Waals surface area (Å²) in [5, 5.41) is 10.1. The van der Waals surface area contributed by atoms with Gasteiger partial charge in [-0.2, -0.15) is 0 Å². The SMILES string of the molecule is Cc1ccc2oc(C(=O)N3CCN([C@@H]4CCC[C@H]4O)CC3)cc2n1. The molecule has 0 spiro atoms. The lowest BCUT2D eigenvalue weighted by Crippen LogP contribution is -2.53. The first-order valence-corrected chi connectivity index (χ1v) is 8.70. The third-order valence-corrected chi connectivity index (χ3v) is 5.24. The van der Waals surface area contributed by atoms with Crippen LogP contribution in [0.15, 0.2) is 22.6 Å². The molecule has 1 amide bonds. The lowest BCUT2D eigenvalue weighted by Gasteiger charge is -2.38. The van der Waals surface area contributed by atoms with Crippen molar-refractivity contribution < 1.29 is 14.3 Å². The standard InChI is InChI=1S/C18H23N3O3/c1-12-5-6-16-13(19-12)11-17(24-16)18(23)21-9-7-20(8-10-21)14-3-2-4-15(14)22/h5-6,11,14-15,22H,2-4,7-10H2,1H3/t14-,15-/m1/s1. The molecule has 6 heteroatoms. The number of rotatable bonds is 2. The van der Waals surface area contributed by atoms with Crippen molar-refractivity contribution in [3.05, 3.63) is 29.7 Å². The Balaban J connectivity index is 1.43. The zero-order valence-electron chi connectivity index (χ0n) is 13.9. The van der Waals surface area contributed by atoms with E-state index < -0.39 is 0 Å². The Labute approximate surface area is 141 Å². The Bertz CT molecular complexity index is 749. The third kappa shape index (κ3) is 2.80. The monoisotopic (exact) mass is 329 g/mol. The number of amides is 1. The van der Waals surface area contributed by atoms with E-state index in [1.165, 1.54) is 0 Å². The predicted molar refractivity (Wildman–Crippen MR) is 89.9 cm³/mol. The second kappa shape index (κ2) is 6.18. The van der Waals surface area contributed by atoms with Crippen LogP contribution in [0.4, 0.5) is 0 Å². The summed E-state index contributed by atoms with van der Waals surface area (Å²) in [7, 11) is 0. The lowest BCUT2D eigenvalue weighted by atomic mass is 10.1. The van der Waals surface area contributed by atoms with Crippen molar-refractivity contribution in [2.75, 3.05) is 26.2 Å². The van der Waals surface area contributed by atoms with Crippen molar-refractivity contribution in [2.24, 2.45) is 0 Å². The molecule has 1 N–H and O–H groups in total. The number of hydrogen-bond acceptors (Lipinski definition) is 5. The average Bonchev–Trinajstić information content (AvgIpc) is 3.20. The number of nitrogens with zero attached hydrogens (tertiary/aromatic N) is 3. The Kier molecular flexibility index (Phi) is 4.02. The second-order valence-electron chi connectivity index (χ2n) is 6.84. The summed E-state index contributed by atoms with van der Waals surface area (Å²) < 4.78 is 5.67. The van der Waals surface area contributed by atoms with Gasteiger partial charge in [0.1, 0.15) is 5.52 Å². The second-order valence-corrected chi connectivity index (χ2v) is 6.84. The van der Waals surface area contributed by atoms with Gasteiger partial charge in [0.25, 0.3) is 5.91 Å². The highest BCUT2D eigenvalue weighted by molar-refractivity contribution is 5.95. The summed E-state index contributed by atoms with van der Waals surface area (Å²) in [4.78, 5) is 21.2. The number of piperazine rings is 1. The molecule has 2 fully saturated rings. The molecule has 2 atom stereocenters. The molecule has 1 aliphatic carbocycles. The van der Waals surface area contributed by atoms with Gasteiger partial charge in [-0.15, -0.1) is 0 Å². The average molecular weight is 329 g/mol. The number of carbonyl (C=O) groups excluding carboxylic acids is 1. The van der Waals surface area contributed by atoms with Gasteiger partial charge in [0.15, 0.2) is 11.3 Å². The zero-order chi connectivity index (χ0) is 16.7. The molecule has 0 radical (unpaired) electrons. The van der Waals surface area contributed by atoms with Gasteiger partial charge in [-0.05, 0) is 38.3 Å². The molecule has 1 saturated heterocycles. The van der Waals surface area contributed by atoms with Gasteiger partial charge in [0.05, 0.1) is 6.10 Å². The van der Waals surface area contributed by atoms with Crippen LogP contribution in [0.3, 0.4) is 0 Å². The topological polar surface area (TPSA) is 69.8 Å². The van der Waals surface area contributed by atoms with Crippen molar-refractivity contribution in [3.8, 4) is 0 Å². The van der Waals surface area contributed by atoms with Crippen LogP contribution in [0.1, 0.15) is 35.5 Å². The Morgan fingerprint density at radius 2 is 2.04 bits per heavy atom. The normalized spacial score (nSPS) is 25.5. The van der Waals surface area contributed by atoms with Gasteiger partial charge in [0, 0.05) is 44.0 Å². The molecule has 1 aliphatic heterocycles. The van der Waals surface area contributed by atoms with Gasteiger partial charge in [-0.1, -0.05) is 0 Å². The van der Waals surface area contributed by atoms with Crippen molar-refractivity contribution in [3.63, 3.8) is 0 Å². The van der Waals surface area contributed by atoms with Crippen molar-refractivity contribution in [1.29, 1.82) is 0 Å². The molecule has 0 unspecified atom stereocenters. The summed E-state index contributed by atoms with van der Waals surface area (Å²) in [5.41, 5.74) is 2.29. The van der Waals surface area contributed by atoms with Gasteiger partial charge in [0.2, 0.25) is 0 Å². The Morgan fingerprint density at radius 3 is 2.75 bits per heavy atom. The molecule has 6 nitrogen and oxygen atoms in total. The molecular formula is C18H23N3O3. The van der Waals surface area contributed by atoms with Crippen LogP contribution in [0.5, 0.6) is 0 Å². The Hall–Kier alpha value is -1.92. The number of hydrogen-bond donors (Lipinski definition) is 1. The van der Waals surface area contributed by atoms with E-state index >= 15 is 0 Å². The number of furan rings is 1. The van der Waals surface area contributed by atoms with Crippen molar-refractivity contribution in [1.82, 2.24) is 14.8 Å². The number of fused-ring (bicyclic) bond motifs is 1. The quantitative estimate of drug-likeness (QED) is 0.910. The molecule has 2 aromatic heterocycles. The van der Waals surface area contributed by atoms with E-state index in [2.05, 4.69) is 9.88 Å². The van der Waals surface area contributed by atoms with Gasteiger partial charge in [-0.3, -0.25) is 9.69 Å². The first-order chi connectivity index (χ1) is 11.6. The van der Waals surface area contributed by atoms with Crippen LogP contribution in [0.25, 0.3) is 11.1 Å². The number of aryl methyl sites for hydroxylation is 1. The minimum absolute atomic E-state index is 0.0720. The molecule has 2 aliphatic rings. The van der Waals surface area contributed by atoms with E-state index in [0.29, 0.717) is 24.4 Å². The molecule has 0 aromatic carbocycles. The molecule has 2 aromatic rings. The largest absolute Gasteiger partial charge is 0.449 e. The fraction of sp³-hybridized carbons (Fsp3) is 0.556. The number of aliphatic hydroxyl groups is 1. The zero-order valence-corrected chi connectivity index (χ0v) is 13.9. The van der Waals surface area contributed by atoms with Crippen LogP contribution >= 0.6 is 0 Å². The summed E-state index contributed by atoms with van der Waals surface area (Å²) in [5.74, 6) is 0.287. The smallest absolute Gasteiger partial charge is 0.289 e. The van der Waals surface area contributed by atoms with Gasteiger partial charge < -0.3 is 14.4 Å². The van der Waals surface area contributed by atoms with Crippen LogP contribution in [0.2, 0.25) is 0 Å². The summed E-state index contributed by atoms with van der Waals surface area (Å²) >= 11 is 0. The summed E-state index contributed by atoms with van der Waals surface area (Å²) in [6.07, 6.45) is 2.84. The van der Waals surface area contributed by atoms with E-state index in [0.717, 1.165) is 43.6 Å². The fourth-order valence-corrected chi connectivity index (χ4v) is 3.89. The maximum absolute atomic E-state index is 12.7. The first kappa shape index (κ1) is 15.6. The first-order valence-electron chi connectivity index (χ1n) is 8.70. The predicted octanol–water partition coefficient (Wildman–Crippen LogP) is 1.81. The van der Waals surface area contributed by atoms with E-state index in [1.807, 2.05) is 24.0 Å². The molecule has 128 valence electrons. The maximum atomic E-state index is 12.7. The highest BCUT2D eigenvalue weighted by atomic mass is 16.3. The number of aromatic nitrogens is 1. The highest BCUT2D eigenvalue weighted by Gasteiger charge is 2.34. The third-order valence-electron chi connectivity index (χ3n) is 5.24. The number of pyridine rings is 1. The fourth-order valence-electron chi connectivity index (χ4n) is 3.89. The van der Waals surface area contributed by atoms with Gasteiger partial charge >= 0.3 is 0 Å². The number of carbonyl (C=O) groups is 1. The van der Waals surface area contributed by atoms with Crippen LogP contribution in [-0.2, 0) is 0 Å². The molecule has 24 heavy (non-hydrogen) atoms. The van der Waals surface area contributed by atoms with Crippen molar-refractivity contribution >= 4 is 17.0 Å². The molecule has 4 rings (SSSR count).